The summed E-state index contributed by atoms with van der Waals surface area (Å²) in [6.07, 6.45) is 14.6. The lowest BCUT2D eigenvalue weighted by Gasteiger charge is -2.32. The highest BCUT2D eigenvalue weighted by Crippen LogP contribution is 2.52. The van der Waals surface area contributed by atoms with Crippen LogP contribution in [0.4, 0.5) is 34.1 Å². The van der Waals surface area contributed by atoms with Crippen molar-refractivity contribution in [2.24, 2.45) is 0 Å². The maximum atomic E-state index is 4.53. The summed E-state index contributed by atoms with van der Waals surface area (Å²) < 4.78 is 1.84. The molecule has 0 N–H and O–H groups in total. The first-order valence-electron chi connectivity index (χ1n) is 19.2. The zero-order chi connectivity index (χ0) is 40.7. The molecule has 1 aromatic heterocycles. The Balaban J connectivity index is 0.000000384. The Morgan fingerprint density at radius 1 is 0.466 bits per heavy atom. The van der Waals surface area contributed by atoms with Gasteiger partial charge < -0.3 is 9.80 Å². The molecule has 0 aliphatic carbocycles. The minimum Gasteiger partial charge on any atom is -0.308 e. The Morgan fingerprint density at radius 3 is 1.19 bits per heavy atom. The molecule has 0 amide bonds. The summed E-state index contributed by atoms with van der Waals surface area (Å²) >= 11 is 3.64. The first-order chi connectivity index (χ1) is 28.6. The van der Waals surface area contributed by atoms with Crippen LogP contribution in [0.3, 0.4) is 0 Å². The number of allylic oxidation sites excluding steroid dienone is 7. The number of fused-ring (bicyclic) bond motifs is 4. The molecule has 0 fully saturated rings. The molecule has 3 heterocycles. The summed E-state index contributed by atoms with van der Waals surface area (Å²) in [4.78, 5) is 9.67. The molecular weight excluding hydrogens is 747 g/mol. The minimum atomic E-state index is 0.830. The average Bonchev–Trinajstić information content (AvgIpc) is 3.79. The molecule has 0 atom stereocenters. The van der Waals surface area contributed by atoms with Crippen LogP contribution >= 0.6 is 23.5 Å². The van der Waals surface area contributed by atoms with Crippen LogP contribution in [0.25, 0.3) is 16.9 Å². The molecule has 7 aromatic rings. The number of rotatable bonds is 7. The second kappa shape index (κ2) is 20.6. The van der Waals surface area contributed by atoms with Gasteiger partial charge in [-0.05, 0) is 91.9 Å². The van der Waals surface area contributed by atoms with Gasteiger partial charge in [-0.25, -0.2) is 4.68 Å². The lowest BCUT2D eigenvalue weighted by atomic mass is 10.1. The lowest BCUT2D eigenvalue weighted by Crippen LogP contribution is -2.14. The average molecular weight is 794 g/mol. The topological polar surface area (TPSA) is 37.2 Å². The summed E-state index contributed by atoms with van der Waals surface area (Å²) in [5.41, 5.74) is 9.80. The number of hydrogen-bond acceptors (Lipinski definition) is 6. The molecule has 0 bridgehead atoms. The molecule has 288 valence electrons. The standard InChI is InChI=1S/C38H25N5S2.C6H8.C5H8.C2H6/c1-5-13-35-31(9-1)42(32-10-2-6-14-36(32)44-35)28-19-17-26(18-20-28)30-25-41(40-39-30)27-21-23-29(24-22-27)43-33-11-3-7-15-37(33)45-38-16-8-4-12-34(38)43;1-3-5-6-4-2;1-3-5-4-2;1-2/h1-25H;3-6H,1-2H2;3-5H,1H2,2H3;1-2H3/b;6-5-;5-4-;. The second-order valence-corrected chi connectivity index (χ2v) is 14.6. The van der Waals surface area contributed by atoms with E-state index >= 15 is 0 Å². The monoisotopic (exact) mass is 793 g/mol. The predicted octanol–water partition coefficient (Wildman–Crippen LogP) is 15.5. The van der Waals surface area contributed by atoms with Gasteiger partial charge >= 0.3 is 0 Å². The van der Waals surface area contributed by atoms with Crippen molar-refractivity contribution in [3.05, 3.63) is 214 Å². The van der Waals surface area contributed by atoms with Gasteiger partial charge in [0.25, 0.3) is 0 Å². The van der Waals surface area contributed by atoms with E-state index in [9.17, 15) is 0 Å². The van der Waals surface area contributed by atoms with Gasteiger partial charge in [-0.2, -0.15) is 0 Å². The highest BCUT2D eigenvalue weighted by molar-refractivity contribution is 8.00. The van der Waals surface area contributed by atoms with E-state index in [-0.39, 0.29) is 0 Å². The van der Waals surface area contributed by atoms with Crippen LogP contribution < -0.4 is 9.80 Å². The maximum absolute atomic E-state index is 4.53. The van der Waals surface area contributed by atoms with Gasteiger partial charge in [-0.1, -0.05) is 166 Å². The number of benzene rings is 6. The van der Waals surface area contributed by atoms with E-state index in [1.54, 1.807) is 18.2 Å². The molecule has 0 unspecified atom stereocenters. The van der Waals surface area contributed by atoms with E-state index in [0.29, 0.717) is 0 Å². The van der Waals surface area contributed by atoms with Gasteiger partial charge in [0.05, 0.1) is 34.6 Å². The van der Waals surface area contributed by atoms with Crippen LogP contribution in [0, 0.1) is 0 Å². The van der Waals surface area contributed by atoms with Crippen LogP contribution in [-0.2, 0) is 0 Å². The van der Waals surface area contributed by atoms with Crippen molar-refractivity contribution in [2.45, 2.75) is 40.4 Å². The highest BCUT2D eigenvalue weighted by Gasteiger charge is 2.25. The zero-order valence-corrected chi connectivity index (χ0v) is 34.8. The third-order valence-electron chi connectivity index (χ3n) is 8.86. The van der Waals surface area contributed by atoms with E-state index in [2.05, 4.69) is 185 Å². The Bertz CT molecular complexity index is 2260. The molecule has 7 heteroatoms. The van der Waals surface area contributed by atoms with Crippen molar-refractivity contribution in [3.63, 3.8) is 0 Å². The second-order valence-electron chi connectivity index (χ2n) is 12.5. The summed E-state index contributed by atoms with van der Waals surface area (Å²) in [6.45, 7) is 16.4. The molecule has 0 saturated carbocycles. The number of anilines is 6. The first kappa shape index (κ1) is 41.1. The minimum absolute atomic E-state index is 0.830. The Kier molecular flexibility index (Phi) is 14.6. The van der Waals surface area contributed by atoms with Crippen LogP contribution in [0.1, 0.15) is 20.8 Å². The number of hydrogen-bond donors (Lipinski definition) is 0. The Morgan fingerprint density at radius 2 is 0.828 bits per heavy atom. The molecule has 0 radical (unpaired) electrons. The molecule has 2 aliphatic rings. The quantitative estimate of drug-likeness (QED) is 0.150. The van der Waals surface area contributed by atoms with Gasteiger partial charge in [-0.3, -0.25) is 0 Å². The van der Waals surface area contributed by atoms with Gasteiger partial charge in [0.15, 0.2) is 0 Å². The fraction of sp³-hybridized carbons (Fsp3) is 0.0588. The Hall–Kier alpha value is -6.54. The van der Waals surface area contributed by atoms with Gasteiger partial charge in [0.2, 0.25) is 0 Å². The zero-order valence-electron chi connectivity index (χ0n) is 33.1. The van der Waals surface area contributed by atoms with Crippen molar-refractivity contribution in [1.29, 1.82) is 0 Å². The van der Waals surface area contributed by atoms with Crippen molar-refractivity contribution in [3.8, 4) is 16.9 Å². The smallest absolute Gasteiger partial charge is 0.113 e. The molecule has 0 saturated heterocycles. The molecule has 2 aliphatic heterocycles. The van der Waals surface area contributed by atoms with Gasteiger partial charge in [0, 0.05) is 36.5 Å². The molecule has 6 aromatic carbocycles. The summed E-state index contributed by atoms with van der Waals surface area (Å²) in [6, 6.07) is 51.4. The predicted molar refractivity (Wildman–Crippen MR) is 250 cm³/mol. The molecule has 5 nitrogen and oxygen atoms in total. The SMILES string of the molecule is C=C/C=C\C.C=C/C=C\C=C.CC.c1ccc2c(c1)Sc1ccccc1N2c1ccc(-c2cn(-c3ccc(N4c5ccccc5Sc5ccccc54)cc3)nn2)cc1. The van der Waals surface area contributed by atoms with E-state index < -0.39 is 0 Å². The van der Waals surface area contributed by atoms with Crippen LogP contribution in [0.5, 0.6) is 0 Å². The van der Waals surface area contributed by atoms with Crippen LogP contribution in [-0.4, -0.2) is 15.0 Å². The van der Waals surface area contributed by atoms with Crippen molar-refractivity contribution in [1.82, 2.24) is 15.0 Å². The number of aromatic nitrogens is 3. The third-order valence-corrected chi connectivity index (χ3v) is 11.1. The van der Waals surface area contributed by atoms with E-state index in [1.165, 1.54) is 42.3 Å². The third kappa shape index (κ3) is 9.35. The van der Waals surface area contributed by atoms with Crippen molar-refractivity contribution in [2.75, 3.05) is 9.80 Å². The fourth-order valence-corrected chi connectivity index (χ4v) is 8.43. The van der Waals surface area contributed by atoms with E-state index in [1.807, 2.05) is 79.5 Å². The number of nitrogens with zero attached hydrogens (tertiary/aromatic N) is 5. The summed E-state index contributed by atoms with van der Waals surface area (Å²) in [5.74, 6) is 0. The normalized spacial score (nSPS) is 11.9. The van der Waals surface area contributed by atoms with Gasteiger partial charge in [0.1, 0.15) is 5.69 Å². The van der Waals surface area contributed by atoms with E-state index in [4.69, 9.17) is 0 Å². The Labute approximate surface area is 352 Å². The lowest BCUT2D eigenvalue weighted by molar-refractivity contribution is 0.804. The largest absolute Gasteiger partial charge is 0.308 e. The molecular formula is C51H47N5S2. The fourth-order valence-electron chi connectivity index (χ4n) is 6.32. The maximum Gasteiger partial charge on any atom is 0.113 e. The van der Waals surface area contributed by atoms with Gasteiger partial charge in [-0.15, -0.1) is 5.10 Å². The van der Waals surface area contributed by atoms with Crippen LogP contribution in [0.15, 0.2) is 234 Å². The molecule has 58 heavy (non-hydrogen) atoms. The molecule has 9 rings (SSSR count). The van der Waals surface area contributed by atoms with Crippen molar-refractivity contribution < 1.29 is 0 Å². The molecule has 0 spiro atoms. The summed E-state index contributed by atoms with van der Waals surface area (Å²) in [5, 5.41) is 9.02. The van der Waals surface area contributed by atoms with E-state index in [0.717, 1.165) is 28.3 Å². The highest BCUT2D eigenvalue weighted by atomic mass is 32.2. The van der Waals surface area contributed by atoms with Crippen LogP contribution in [0.2, 0.25) is 0 Å². The number of para-hydroxylation sites is 4. The first-order valence-corrected chi connectivity index (χ1v) is 20.9. The van der Waals surface area contributed by atoms with Crippen molar-refractivity contribution >= 4 is 57.6 Å². The summed E-state index contributed by atoms with van der Waals surface area (Å²) in [7, 11) is 0.